The van der Waals surface area contributed by atoms with E-state index in [4.69, 9.17) is 16.3 Å². The molecule has 0 spiro atoms. The average Bonchev–Trinajstić information content (AvgIpc) is 2.89. The average molecular weight is 333 g/mol. The van der Waals surface area contributed by atoms with Crippen LogP contribution in [0.5, 0.6) is 5.75 Å². The third-order valence-corrected chi connectivity index (χ3v) is 4.20. The van der Waals surface area contributed by atoms with Crippen molar-refractivity contribution >= 4 is 22.6 Å². The van der Waals surface area contributed by atoms with Crippen molar-refractivity contribution in [2.24, 2.45) is 0 Å². The molecular weight excluding hydrogens is 315 g/mol. The Bertz CT molecular complexity index is 858. The lowest BCUT2D eigenvalue weighted by Gasteiger charge is -2.11. The molecule has 0 fully saturated rings. The summed E-state index contributed by atoms with van der Waals surface area (Å²) in [5.41, 5.74) is 3.07. The van der Waals surface area contributed by atoms with Crippen LogP contribution < -0.4 is 4.74 Å². The molecule has 0 radical (unpaired) electrons. The van der Waals surface area contributed by atoms with E-state index < -0.39 is 0 Å². The fourth-order valence-electron chi connectivity index (χ4n) is 2.55. The van der Waals surface area contributed by atoms with Gasteiger partial charge in [-0.1, -0.05) is 17.7 Å². The SMILES string of the molecule is Cc1ccc(F)c(Cn2cnc3cc(OC(C)C)ccc32)c1Cl. The van der Waals surface area contributed by atoms with Crippen LogP contribution in [-0.2, 0) is 6.54 Å². The lowest BCUT2D eigenvalue weighted by molar-refractivity contribution is 0.242. The number of hydrogen-bond donors (Lipinski definition) is 0. The fraction of sp³-hybridized carbons (Fsp3) is 0.278. The molecule has 3 aromatic rings. The van der Waals surface area contributed by atoms with Crippen LogP contribution in [-0.4, -0.2) is 15.7 Å². The zero-order chi connectivity index (χ0) is 16.6. The maximum atomic E-state index is 14.1. The summed E-state index contributed by atoms with van der Waals surface area (Å²) in [6.07, 6.45) is 1.80. The van der Waals surface area contributed by atoms with Crippen LogP contribution >= 0.6 is 11.6 Å². The van der Waals surface area contributed by atoms with Gasteiger partial charge in [0.05, 0.1) is 35.0 Å². The van der Waals surface area contributed by atoms with Gasteiger partial charge in [-0.05, 0) is 44.5 Å². The van der Waals surface area contributed by atoms with Crippen molar-refractivity contribution in [2.45, 2.75) is 33.4 Å². The Morgan fingerprint density at radius 3 is 2.78 bits per heavy atom. The van der Waals surface area contributed by atoms with Crippen LogP contribution in [0.2, 0.25) is 5.02 Å². The lowest BCUT2D eigenvalue weighted by atomic mass is 10.1. The van der Waals surface area contributed by atoms with Gasteiger partial charge < -0.3 is 9.30 Å². The van der Waals surface area contributed by atoms with E-state index in [2.05, 4.69) is 4.98 Å². The Kier molecular flexibility index (Phi) is 4.26. The first-order valence-electron chi connectivity index (χ1n) is 7.50. The molecule has 0 amide bonds. The second kappa shape index (κ2) is 6.20. The number of benzene rings is 2. The van der Waals surface area contributed by atoms with Gasteiger partial charge in [0, 0.05) is 11.6 Å². The molecular formula is C18H18ClFN2O. The van der Waals surface area contributed by atoms with E-state index in [1.54, 1.807) is 12.4 Å². The Balaban J connectivity index is 1.97. The number of fused-ring (bicyclic) bond motifs is 1. The van der Waals surface area contributed by atoms with E-state index in [0.717, 1.165) is 22.3 Å². The van der Waals surface area contributed by atoms with E-state index in [0.29, 0.717) is 17.1 Å². The minimum Gasteiger partial charge on any atom is -0.491 e. The van der Waals surface area contributed by atoms with Crippen LogP contribution in [0.1, 0.15) is 25.0 Å². The highest BCUT2D eigenvalue weighted by Crippen LogP contribution is 2.26. The van der Waals surface area contributed by atoms with Crippen LogP contribution in [0.3, 0.4) is 0 Å². The highest BCUT2D eigenvalue weighted by molar-refractivity contribution is 6.32. The number of imidazole rings is 1. The summed E-state index contributed by atoms with van der Waals surface area (Å²) in [6, 6.07) is 8.85. The van der Waals surface area contributed by atoms with Crippen molar-refractivity contribution < 1.29 is 9.13 Å². The molecule has 0 aliphatic carbocycles. The van der Waals surface area contributed by atoms with Crippen LogP contribution in [0.4, 0.5) is 4.39 Å². The van der Waals surface area contributed by atoms with Crippen LogP contribution in [0.25, 0.3) is 11.0 Å². The normalized spacial score (nSPS) is 11.4. The summed E-state index contributed by atoms with van der Waals surface area (Å²) in [5, 5.41) is 0.464. The fourth-order valence-corrected chi connectivity index (χ4v) is 2.76. The number of aryl methyl sites for hydroxylation is 1. The highest BCUT2D eigenvalue weighted by Gasteiger charge is 2.12. The zero-order valence-corrected chi connectivity index (χ0v) is 14.1. The molecule has 3 rings (SSSR count). The van der Waals surface area contributed by atoms with E-state index >= 15 is 0 Å². The standard InChI is InChI=1S/C18H18ClFN2O/c1-11(2)23-13-5-7-17-16(8-13)21-10-22(17)9-14-15(20)6-4-12(3)18(14)19/h4-8,10-11H,9H2,1-3H3. The smallest absolute Gasteiger partial charge is 0.129 e. The largest absolute Gasteiger partial charge is 0.491 e. The molecule has 0 unspecified atom stereocenters. The van der Waals surface area contributed by atoms with Gasteiger partial charge in [0.2, 0.25) is 0 Å². The van der Waals surface area contributed by atoms with E-state index in [9.17, 15) is 4.39 Å². The predicted octanol–water partition coefficient (Wildman–Crippen LogP) is 4.97. The van der Waals surface area contributed by atoms with Crippen molar-refractivity contribution in [3.8, 4) is 5.75 Å². The van der Waals surface area contributed by atoms with Gasteiger partial charge >= 0.3 is 0 Å². The summed E-state index contributed by atoms with van der Waals surface area (Å²) in [5.74, 6) is 0.472. The molecule has 3 nitrogen and oxygen atoms in total. The summed E-state index contributed by atoms with van der Waals surface area (Å²) in [7, 11) is 0. The number of ether oxygens (including phenoxy) is 1. The van der Waals surface area contributed by atoms with Gasteiger partial charge in [-0.2, -0.15) is 0 Å². The first-order valence-corrected chi connectivity index (χ1v) is 7.88. The van der Waals surface area contributed by atoms with E-state index in [-0.39, 0.29) is 11.9 Å². The number of halogens is 2. The quantitative estimate of drug-likeness (QED) is 0.674. The Morgan fingerprint density at radius 1 is 1.26 bits per heavy atom. The zero-order valence-electron chi connectivity index (χ0n) is 13.3. The molecule has 0 saturated heterocycles. The molecule has 120 valence electrons. The van der Waals surface area contributed by atoms with Crippen molar-refractivity contribution in [3.63, 3.8) is 0 Å². The maximum absolute atomic E-state index is 14.1. The molecule has 5 heteroatoms. The number of hydrogen-bond acceptors (Lipinski definition) is 2. The van der Waals surface area contributed by atoms with Crippen LogP contribution in [0.15, 0.2) is 36.7 Å². The molecule has 0 atom stereocenters. The first-order chi connectivity index (χ1) is 11.0. The van der Waals surface area contributed by atoms with Gasteiger partial charge in [0.1, 0.15) is 11.6 Å². The second-order valence-electron chi connectivity index (χ2n) is 5.85. The lowest BCUT2D eigenvalue weighted by Crippen LogP contribution is -2.05. The summed E-state index contributed by atoms with van der Waals surface area (Å²) < 4.78 is 21.7. The predicted molar refractivity (Wildman–Crippen MR) is 90.7 cm³/mol. The first kappa shape index (κ1) is 15.8. The van der Waals surface area contributed by atoms with Crippen LogP contribution in [0, 0.1) is 12.7 Å². The van der Waals surface area contributed by atoms with Gasteiger partial charge in [-0.3, -0.25) is 0 Å². The summed E-state index contributed by atoms with van der Waals surface area (Å²) >= 11 is 6.26. The third kappa shape index (κ3) is 3.17. The Labute approximate surface area is 139 Å². The molecule has 2 aromatic carbocycles. The Morgan fingerprint density at radius 2 is 2.04 bits per heavy atom. The van der Waals surface area contributed by atoms with Gasteiger partial charge in [-0.25, -0.2) is 9.37 Å². The van der Waals surface area contributed by atoms with E-state index in [1.165, 1.54) is 6.07 Å². The number of aromatic nitrogens is 2. The second-order valence-corrected chi connectivity index (χ2v) is 6.22. The molecule has 0 aliphatic rings. The van der Waals surface area contributed by atoms with Gasteiger partial charge in [0.25, 0.3) is 0 Å². The monoisotopic (exact) mass is 332 g/mol. The van der Waals surface area contributed by atoms with Gasteiger partial charge in [0.15, 0.2) is 0 Å². The highest BCUT2D eigenvalue weighted by atomic mass is 35.5. The molecule has 1 heterocycles. The van der Waals surface area contributed by atoms with Crippen molar-refractivity contribution in [1.82, 2.24) is 9.55 Å². The third-order valence-electron chi connectivity index (χ3n) is 3.67. The molecule has 0 aliphatic heterocycles. The van der Waals surface area contributed by atoms with Crippen molar-refractivity contribution in [2.75, 3.05) is 0 Å². The summed E-state index contributed by atoms with van der Waals surface area (Å²) in [4.78, 5) is 4.38. The van der Waals surface area contributed by atoms with Gasteiger partial charge in [-0.15, -0.1) is 0 Å². The molecule has 0 bridgehead atoms. The van der Waals surface area contributed by atoms with Crippen molar-refractivity contribution in [3.05, 3.63) is 58.6 Å². The summed E-state index contributed by atoms with van der Waals surface area (Å²) in [6.45, 7) is 6.16. The maximum Gasteiger partial charge on any atom is 0.129 e. The van der Waals surface area contributed by atoms with Crippen molar-refractivity contribution in [1.29, 1.82) is 0 Å². The molecule has 0 saturated carbocycles. The Hall–Kier alpha value is -2.07. The topological polar surface area (TPSA) is 27.1 Å². The minimum absolute atomic E-state index is 0.106. The molecule has 0 N–H and O–H groups in total. The minimum atomic E-state index is -0.304. The molecule has 23 heavy (non-hydrogen) atoms. The van der Waals surface area contributed by atoms with E-state index in [1.807, 2.05) is 43.5 Å². The number of nitrogens with zero attached hydrogens (tertiary/aromatic N) is 2. The number of rotatable bonds is 4. The molecule has 1 aromatic heterocycles.